The van der Waals surface area contributed by atoms with Gasteiger partial charge in [-0.3, -0.25) is 19.0 Å². The SMILES string of the molecule is CC(=O)Nc1cccc(-n2cc(C(=O)N[C@H](C)c3cc(N)cc(C(F)(F)F)c3)ccc2=O)c1F. The molecule has 3 aromatic rings. The molecule has 7 nitrogen and oxygen atoms in total. The third-order valence-electron chi connectivity index (χ3n) is 4.87. The van der Waals surface area contributed by atoms with Crippen molar-refractivity contribution in [3.63, 3.8) is 0 Å². The van der Waals surface area contributed by atoms with Gasteiger partial charge < -0.3 is 16.4 Å². The predicted molar refractivity (Wildman–Crippen MR) is 118 cm³/mol. The molecule has 0 radical (unpaired) electrons. The van der Waals surface area contributed by atoms with Crippen LogP contribution in [0.1, 0.15) is 41.4 Å². The average molecular weight is 476 g/mol. The predicted octanol–water partition coefficient (Wildman–Crippen LogP) is 4.03. The zero-order chi connectivity index (χ0) is 25.2. The minimum atomic E-state index is -4.61. The van der Waals surface area contributed by atoms with Gasteiger partial charge in [0.2, 0.25) is 5.91 Å². The molecule has 1 heterocycles. The van der Waals surface area contributed by atoms with E-state index in [1.165, 1.54) is 44.2 Å². The molecule has 0 saturated carbocycles. The van der Waals surface area contributed by atoms with Gasteiger partial charge in [-0.25, -0.2) is 4.39 Å². The van der Waals surface area contributed by atoms with Crippen molar-refractivity contribution in [1.29, 1.82) is 0 Å². The number of nitrogen functional groups attached to an aromatic ring is 1. The fourth-order valence-electron chi connectivity index (χ4n) is 3.26. The number of carbonyl (C=O) groups excluding carboxylic acids is 2. The maximum Gasteiger partial charge on any atom is 0.416 e. The van der Waals surface area contributed by atoms with Gasteiger partial charge in [-0.15, -0.1) is 0 Å². The molecule has 0 aliphatic rings. The number of aromatic nitrogens is 1. The maximum absolute atomic E-state index is 14.9. The highest BCUT2D eigenvalue weighted by Gasteiger charge is 2.31. The van der Waals surface area contributed by atoms with Crippen molar-refractivity contribution in [3.05, 3.63) is 87.6 Å². The largest absolute Gasteiger partial charge is 0.416 e. The monoisotopic (exact) mass is 476 g/mol. The Hall–Kier alpha value is -4.15. The molecule has 4 N–H and O–H groups in total. The standard InChI is InChI=1S/C23H20F4N4O3/c1-12(15-8-16(23(25,26)27)10-17(28)9-15)29-22(34)14-6-7-20(33)31(11-14)19-5-3-4-18(21(19)24)30-13(2)32/h3-12H,28H2,1-2H3,(H,29,34)(H,30,32)/t12-/m1/s1. The number of nitrogens with zero attached hydrogens (tertiary/aromatic N) is 1. The number of nitrogens with one attached hydrogen (secondary N) is 2. The molecule has 0 saturated heterocycles. The summed E-state index contributed by atoms with van der Waals surface area (Å²) in [4.78, 5) is 36.4. The number of hydrogen-bond donors (Lipinski definition) is 3. The highest BCUT2D eigenvalue weighted by Crippen LogP contribution is 2.32. The zero-order valence-electron chi connectivity index (χ0n) is 18.0. The van der Waals surface area contributed by atoms with Gasteiger partial charge in [-0.2, -0.15) is 13.2 Å². The molecule has 2 amide bonds. The molecule has 0 spiro atoms. The van der Waals surface area contributed by atoms with Crippen LogP contribution >= 0.6 is 0 Å². The number of carbonyl (C=O) groups is 2. The van der Waals surface area contributed by atoms with Crippen LogP contribution in [-0.2, 0) is 11.0 Å². The van der Waals surface area contributed by atoms with E-state index in [1.54, 1.807) is 0 Å². The van der Waals surface area contributed by atoms with Crippen molar-refractivity contribution in [3.8, 4) is 5.69 Å². The molecule has 3 rings (SSSR count). The second-order valence-electron chi connectivity index (χ2n) is 7.53. The van der Waals surface area contributed by atoms with Gasteiger partial charge >= 0.3 is 6.18 Å². The second-order valence-corrected chi connectivity index (χ2v) is 7.53. The lowest BCUT2D eigenvalue weighted by Gasteiger charge is -2.18. The van der Waals surface area contributed by atoms with E-state index >= 15 is 0 Å². The van der Waals surface area contributed by atoms with Crippen LogP contribution in [-0.4, -0.2) is 16.4 Å². The summed E-state index contributed by atoms with van der Waals surface area (Å²) in [5.41, 5.74) is 3.60. The third kappa shape index (κ3) is 5.42. The Labute approximate surface area is 191 Å². The van der Waals surface area contributed by atoms with Gasteiger partial charge in [0.1, 0.15) is 0 Å². The quantitative estimate of drug-likeness (QED) is 0.382. The molecule has 1 aromatic heterocycles. The summed E-state index contributed by atoms with van der Waals surface area (Å²) < 4.78 is 55.0. The number of alkyl halides is 3. The number of hydrogen-bond acceptors (Lipinski definition) is 4. The van der Waals surface area contributed by atoms with Crippen LogP contribution in [0.2, 0.25) is 0 Å². The van der Waals surface area contributed by atoms with Crippen LogP contribution in [0.25, 0.3) is 5.69 Å². The van der Waals surface area contributed by atoms with E-state index in [2.05, 4.69) is 10.6 Å². The smallest absolute Gasteiger partial charge is 0.399 e. The first kappa shape index (κ1) is 24.5. The summed E-state index contributed by atoms with van der Waals surface area (Å²) in [7, 11) is 0. The van der Waals surface area contributed by atoms with E-state index in [9.17, 15) is 31.9 Å². The van der Waals surface area contributed by atoms with Crippen LogP contribution in [0.5, 0.6) is 0 Å². The second kappa shape index (κ2) is 9.38. The molecule has 2 aromatic carbocycles. The molecule has 0 unspecified atom stereocenters. The Morgan fingerprint density at radius 2 is 1.79 bits per heavy atom. The van der Waals surface area contributed by atoms with E-state index in [-0.39, 0.29) is 28.2 Å². The van der Waals surface area contributed by atoms with Crippen LogP contribution in [0.3, 0.4) is 0 Å². The molecule has 0 aliphatic heterocycles. The Morgan fingerprint density at radius 3 is 2.44 bits per heavy atom. The number of halogens is 4. The highest BCUT2D eigenvalue weighted by molar-refractivity contribution is 5.94. The molecule has 11 heteroatoms. The van der Waals surface area contributed by atoms with Crippen molar-refractivity contribution in [2.24, 2.45) is 0 Å². The van der Waals surface area contributed by atoms with Gasteiger partial charge in [0, 0.05) is 24.9 Å². The molecule has 0 bridgehead atoms. The van der Waals surface area contributed by atoms with Gasteiger partial charge in [0.15, 0.2) is 5.82 Å². The van der Waals surface area contributed by atoms with E-state index in [0.29, 0.717) is 0 Å². The van der Waals surface area contributed by atoms with E-state index in [4.69, 9.17) is 5.73 Å². The maximum atomic E-state index is 14.9. The summed E-state index contributed by atoms with van der Waals surface area (Å²) >= 11 is 0. The molecular weight excluding hydrogens is 456 g/mol. The van der Waals surface area contributed by atoms with Crippen LogP contribution in [0.15, 0.2) is 59.5 Å². The third-order valence-corrected chi connectivity index (χ3v) is 4.87. The van der Waals surface area contributed by atoms with Crippen molar-refractivity contribution in [2.45, 2.75) is 26.1 Å². The molecular formula is C23H20F4N4O3. The van der Waals surface area contributed by atoms with Crippen molar-refractivity contribution in [2.75, 3.05) is 11.1 Å². The summed E-state index contributed by atoms with van der Waals surface area (Å²) in [6.45, 7) is 2.67. The van der Waals surface area contributed by atoms with Crippen LogP contribution in [0, 0.1) is 5.82 Å². The number of benzene rings is 2. The number of pyridine rings is 1. The van der Waals surface area contributed by atoms with E-state index in [1.807, 2.05) is 0 Å². The van der Waals surface area contributed by atoms with Gasteiger partial charge in [0.05, 0.1) is 28.5 Å². The first-order valence-corrected chi connectivity index (χ1v) is 9.94. The van der Waals surface area contributed by atoms with Crippen molar-refractivity contribution in [1.82, 2.24) is 9.88 Å². The average Bonchev–Trinajstić information content (AvgIpc) is 2.74. The Morgan fingerprint density at radius 1 is 1.09 bits per heavy atom. The van der Waals surface area contributed by atoms with E-state index in [0.717, 1.165) is 29.0 Å². The van der Waals surface area contributed by atoms with Gasteiger partial charge in [-0.1, -0.05) is 6.07 Å². The van der Waals surface area contributed by atoms with E-state index < -0.39 is 41.0 Å². The van der Waals surface area contributed by atoms with Crippen LogP contribution < -0.4 is 21.9 Å². The highest BCUT2D eigenvalue weighted by atomic mass is 19.4. The molecule has 178 valence electrons. The summed E-state index contributed by atoms with van der Waals surface area (Å²) in [5.74, 6) is -2.11. The molecule has 1 atom stereocenters. The summed E-state index contributed by atoms with van der Waals surface area (Å²) in [6, 6.07) is 8.39. The Kier molecular flexibility index (Phi) is 6.75. The number of nitrogens with two attached hydrogens (primary N) is 1. The fraction of sp³-hybridized carbons (Fsp3) is 0.174. The topological polar surface area (TPSA) is 106 Å². The molecule has 0 fully saturated rings. The minimum Gasteiger partial charge on any atom is -0.399 e. The van der Waals surface area contributed by atoms with Crippen molar-refractivity contribution < 1.29 is 27.2 Å². The van der Waals surface area contributed by atoms with Gasteiger partial charge in [-0.05, 0) is 48.9 Å². The van der Waals surface area contributed by atoms with Crippen LogP contribution in [0.4, 0.5) is 28.9 Å². The Balaban J connectivity index is 1.91. The van der Waals surface area contributed by atoms with Crippen molar-refractivity contribution >= 4 is 23.2 Å². The Bertz CT molecular complexity index is 1320. The lowest BCUT2D eigenvalue weighted by Crippen LogP contribution is -2.29. The summed E-state index contributed by atoms with van der Waals surface area (Å²) in [6.07, 6.45) is -3.51. The molecule has 0 aliphatic carbocycles. The fourth-order valence-corrected chi connectivity index (χ4v) is 3.26. The lowest BCUT2D eigenvalue weighted by atomic mass is 10.0. The number of amides is 2. The zero-order valence-corrected chi connectivity index (χ0v) is 18.0. The molecule has 34 heavy (non-hydrogen) atoms. The minimum absolute atomic E-state index is 0.0456. The summed E-state index contributed by atoms with van der Waals surface area (Å²) in [5, 5.41) is 4.85. The number of rotatable bonds is 5. The normalized spacial score (nSPS) is 12.2. The first-order chi connectivity index (χ1) is 15.9. The number of anilines is 2. The first-order valence-electron chi connectivity index (χ1n) is 9.94. The van der Waals surface area contributed by atoms with Gasteiger partial charge in [0.25, 0.3) is 11.5 Å². The lowest BCUT2D eigenvalue weighted by molar-refractivity contribution is -0.137.